The zero-order valence-electron chi connectivity index (χ0n) is 13.2. The number of methoxy groups -OCH3 is 1. The van der Waals surface area contributed by atoms with Gasteiger partial charge in [0.15, 0.2) is 0 Å². The van der Waals surface area contributed by atoms with Gasteiger partial charge in [0.05, 0.1) is 18.8 Å². The Morgan fingerprint density at radius 2 is 2.13 bits per heavy atom. The molecule has 1 saturated heterocycles. The van der Waals surface area contributed by atoms with Crippen LogP contribution in [0.4, 0.5) is 0 Å². The molecule has 1 fully saturated rings. The van der Waals surface area contributed by atoms with Crippen molar-refractivity contribution >= 4 is 5.91 Å². The van der Waals surface area contributed by atoms with Gasteiger partial charge in [-0.05, 0) is 42.7 Å². The molecule has 1 amide bonds. The van der Waals surface area contributed by atoms with Crippen molar-refractivity contribution in [2.45, 2.75) is 25.4 Å². The van der Waals surface area contributed by atoms with Crippen molar-refractivity contribution in [3.63, 3.8) is 0 Å². The lowest BCUT2D eigenvalue weighted by molar-refractivity contribution is 0.0735. The molecule has 23 heavy (non-hydrogen) atoms. The fraction of sp³-hybridized carbons (Fsp3) is 0.333. The topological polar surface area (TPSA) is 68.5 Å². The molecule has 0 radical (unpaired) electrons. The lowest BCUT2D eigenvalue weighted by atomic mass is 10.0. The molecular weight excluding hydrogens is 290 g/mol. The lowest BCUT2D eigenvalue weighted by Crippen LogP contribution is -2.30. The predicted molar refractivity (Wildman–Crippen MR) is 88.1 cm³/mol. The molecular formula is C18H21N3O2. The van der Waals surface area contributed by atoms with Gasteiger partial charge < -0.3 is 15.4 Å². The van der Waals surface area contributed by atoms with Crippen molar-refractivity contribution in [1.29, 1.82) is 0 Å². The van der Waals surface area contributed by atoms with Crippen LogP contribution in [0.3, 0.4) is 0 Å². The SMILES string of the molecule is COc1ccc(C2CCCN2C(=O)c2ccnc(CN)c2)cc1. The number of hydrogen-bond donors (Lipinski definition) is 1. The normalized spacial score (nSPS) is 17.3. The molecule has 1 aromatic carbocycles. The summed E-state index contributed by atoms with van der Waals surface area (Å²) in [5.74, 6) is 0.867. The van der Waals surface area contributed by atoms with Crippen LogP contribution in [0.25, 0.3) is 0 Å². The Balaban J connectivity index is 1.83. The summed E-state index contributed by atoms with van der Waals surface area (Å²) >= 11 is 0. The maximum atomic E-state index is 12.9. The highest BCUT2D eigenvalue weighted by atomic mass is 16.5. The average Bonchev–Trinajstić information content (AvgIpc) is 3.11. The number of benzene rings is 1. The average molecular weight is 311 g/mol. The molecule has 0 bridgehead atoms. The third-order valence-electron chi connectivity index (χ3n) is 4.29. The van der Waals surface area contributed by atoms with Crippen LogP contribution in [0.1, 0.15) is 40.5 Å². The van der Waals surface area contributed by atoms with E-state index in [0.717, 1.165) is 36.4 Å². The van der Waals surface area contributed by atoms with Crippen molar-refractivity contribution in [3.8, 4) is 5.75 Å². The second-order valence-corrected chi connectivity index (χ2v) is 5.67. The predicted octanol–water partition coefficient (Wildman–Crippen LogP) is 2.53. The van der Waals surface area contributed by atoms with E-state index in [1.807, 2.05) is 29.2 Å². The van der Waals surface area contributed by atoms with Gasteiger partial charge in [0.2, 0.25) is 0 Å². The summed E-state index contributed by atoms with van der Waals surface area (Å²) in [4.78, 5) is 19.0. The van der Waals surface area contributed by atoms with Gasteiger partial charge in [-0.3, -0.25) is 9.78 Å². The monoisotopic (exact) mass is 311 g/mol. The van der Waals surface area contributed by atoms with Crippen molar-refractivity contribution < 1.29 is 9.53 Å². The first-order valence-electron chi connectivity index (χ1n) is 7.83. The minimum atomic E-state index is 0.0421. The van der Waals surface area contributed by atoms with Crippen LogP contribution in [-0.2, 0) is 6.54 Å². The van der Waals surface area contributed by atoms with Crippen molar-refractivity contribution in [2.75, 3.05) is 13.7 Å². The van der Waals surface area contributed by atoms with Crippen molar-refractivity contribution in [3.05, 3.63) is 59.4 Å². The largest absolute Gasteiger partial charge is 0.497 e. The number of ether oxygens (including phenoxy) is 1. The number of hydrogen-bond acceptors (Lipinski definition) is 4. The third-order valence-corrected chi connectivity index (χ3v) is 4.29. The highest BCUT2D eigenvalue weighted by Gasteiger charge is 2.30. The Bertz CT molecular complexity index is 685. The van der Waals surface area contributed by atoms with Gasteiger partial charge in [-0.2, -0.15) is 0 Å². The number of carbonyl (C=O) groups excluding carboxylic acids is 1. The molecule has 0 saturated carbocycles. The summed E-state index contributed by atoms with van der Waals surface area (Å²) < 4.78 is 5.20. The second kappa shape index (κ2) is 6.79. The molecule has 0 spiro atoms. The molecule has 2 N–H and O–H groups in total. The highest BCUT2D eigenvalue weighted by Crippen LogP contribution is 2.33. The molecule has 1 atom stereocenters. The molecule has 5 nitrogen and oxygen atoms in total. The van der Waals surface area contributed by atoms with Crippen LogP contribution in [0.5, 0.6) is 5.75 Å². The molecule has 1 aliphatic heterocycles. The number of carbonyl (C=O) groups is 1. The quantitative estimate of drug-likeness (QED) is 0.942. The minimum Gasteiger partial charge on any atom is -0.497 e. The number of amides is 1. The Kier molecular flexibility index (Phi) is 4.57. The van der Waals surface area contributed by atoms with Crippen LogP contribution in [-0.4, -0.2) is 29.4 Å². The Labute approximate surface area is 136 Å². The molecule has 1 aliphatic rings. The fourth-order valence-corrected chi connectivity index (χ4v) is 3.07. The summed E-state index contributed by atoms with van der Waals surface area (Å²) in [7, 11) is 1.65. The van der Waals surface area contributed by atoms with E-state index in [0.29, 0.717) is 12.1 Å². The zero-order chi connectivity index (χ0) is 16.2. The van der Waals surface area contributed by atoms with Gasteiger partial charge in [0, 0.05) is 24.8 Å². The summed E-state index contributed by atoms with van der Waals surface area (Å²) in [6.45, 7) is 1.11. The number of aromatic nitrogens is 1. The van der Waals surface area contributed by atoms with E-state index in [1.54, 1.807) is 25.4 Å². The van der Waals surface area contributed by atoms with Gasteiger partial charge >= 0.3 is 0 Å². The van der Waals surface area contributed by atoms with Gasteiger partial charge in [0.1, 0.15) is 5.75 Å². The molecule has 120 valence electrons. The van der Waals surface area contributed by atoms with Crippen LogP contribution in [0.15, 0.2) is 42.6 Å². The van der Waals surface area contributed by atoms with E-state index in [2.05, 4.69) is 4.98 Å². The van der Waals surface area contributed by atoms with Crippen LogP contribution in [0, 0.1) is 0 Å². The first kappa shape index (κ1) is 15.5. The Hall–Kier alpha value is -2.40. The maximum Gasteiger partial charge on any atom is 0.254 e. The standard InChI is InChI=1S/C18H21N3O2/c1-23-16-6-4-13(5-7-16)17-3-2-10-21(17)18(22)14-8-9-20-15(11-14)12-19/h4-9,11,17H,2-3,10,12,19H2,1H3. The van der Waals surface area contributed by atoms with E-state index in [4.69, 9.17) is 10.5 Å². The summed E-state index contributed by atoms with van der Waals surface area (Å²) in [6, 6.07) is 11.6. The second-order valence-electron chi connectivity index (χ2n) is 5.67. The van der Waals surface area contributed by atoms with Crippen LogP contribution < -0.4 is 10.5 Å². The molecule has 1 aromatic heterocycles. The molecule has 3 rings (SSSR count). The molecule has 2 heterocycles. The summed E-state index contributed by atoms with van der Waals surface area (Å²) in [6.07, 6.45) is 3.64. The minimum absolute atomic E-state index is 0.0421. The number of likely N-dealkylation sites (tertiary alicyclic amines) is 1. The van der Waals surface area contributed by atoms with Crippen molar-refractivity contribution in [2.24, 2.45) is 5.73 Å². The number of nitrogens with zero attached hydrogens (tertiary/aromatic N) is 2. The van der Waals surface area contributed by atoms with E-state index >= 15 is 0 Å². The van der Waals surface area contributed by atoms with Gasteiger partial charge in [-0.15, -0.1) is 0 Å². The first-order valence-corrected chi connectivity index (χ1v) is 7.83. The van der Waals surface area contributed by atoms with E-state index in [-0.39, 0.29) is 11.9 Å². The van der Waals surface area contributed by atoms with Crippen molar-refractivity contribution in [1.82, 2.24) is 9.88 Å². The maximum absolute atomic E-state index is 12.9. The van der Waals surface area contributed by atoms with Gasteiger partial charge in [0.25, 0.3) is 5.91 Å². The Morgan fingerprint density at radius 1 is 1.35 bits per heavy atom. The summed E-state index contributed by atoms with van der Waals surface area (Å²) in [5, 5.41) is 0. The van der Waals surface area contributed by atoms with Gasteiger partial charge in [-0.1, -0.05) is 12.1 Å². The van der Waals surface area contributed by atoms with Crippen LogP contribution >= 0.6 is 0 Å². The van der Waals surface area contributed by atoms with E-state index < -0.39 is 0 Å². The number of rotatable bonds is 4. The van der Waals surface area contributed by atoms with E-state index in [1.165, 1.54) is 0 Å². The fourth-order valence-electron chi connectivity index (χ4n) is 3.07. The molecule has 5 heteroatoms. The lowest BCUT2D eigenvalue weighted by Gasteiger charge is -2.25. The molecule has 1 unspecified atom stereocenters. The summed E-state index contributed by atoms with van der Waals surface area (Å²) in [5.41, 5.74) is 8.15. The first-order chi connectivity index (χ1) is 11.2. The molecule has 0 aliphatic carbocycles. The third kappa shape index (κ3) is 3.19. The van der Waals surface area contributed by atoms with E-state index in [9.17, 15) is 4.79 Å². The van der Waals surface area contributed by atoms with Gasteiger partial charge in [-0.25, -0.2) is 0 Å². The Morgan fingerprint density at radius 3 is 2.83 bits per heavy atom. The van der Waals surface area contributed by atoms with Crippen LogP contribution in [0.2, 0.25) is 0 Å². The zero-order valence-corrected chi connectivity index (χ0v) is 13.2. The molecule has 2 aromatic rings. The number of pyridine rings is 1. The number of nitrogens with two attached hydrogens (primary N) is 1. The highest BCUT2D eigenvalue weighted by molar-refractivity contribution is 5.94. The smallest absolute Gasteiger partial charge is 0.254 e.